The minimum absolute atomic E-state index is 0.0502. The third kappa shape index (κ3) is 4.63. The SMILES string of the molecule is COCCNC(=O)CCc1ccc(N2CCCC2)c(N)c1. The van der Waals surface area contributed by atoms with Crippen molar-refractivity contribution in [2.75, 3.05) is 44.0 Å². The molecule has 1 aromatic carbocycles. The first-order valence-electron chi connectivity index (χ1n) is 7.59. The van der Waals surface area contributed by atoms with Crippen molar-refractivity contribution in [1.29, 1.82) is 0 Å². The first-order chi connectivity index (χ1) is 10.2. The number of carbonyl (C=O) groups excluding carboxylic acids is 1. The fraction of sp³-hybridized carbons (Fsp3) is 0.562. The van der Waals surface area contributed by atoms with Crippen LogP contribution < -0.4 is 16.0 Å². The number of carbonyl (C=O) groups is 1. The molecule has 1 aromatic rings. The molecule has 0 spiro atoms. The molecule has 0 saturated carbocycles. The fourth-order valence-corrected chi connectivity index (χ4v) is 2.64. The van der Waals surface area contributed by atoms with E-state index in [2.05, 4.69) is 22.3 Å². The van der Waals surface area contributed by atoms with Gasteiger partial charge in [0.1, 0.15) is 0 Å². The van der Waals surface area contributed by atoms with Crippen LogP contribution in [0.5, 0.6) is 0 Å². The molecular weight excluding hydrogens is 266 g/mol. The molecule has 0 aliphatic carbocycles. The number of nitrogens with two attached hydrogens (primary N) is 1. The number of hydrogen-bond donors (Lipinski definition) is 2. The smallest absolute Gasteiger partial charge is 0.220 e. The zero-order valence-corrected chi connectivity index (χ0v) is 12.7. The second-order valence-corrected chi connectivity index (χ2v) is 5.43. The van der Waals surface area contributed by atoms with Crippen LogP contribution >= 0.6 is 0 Å². The van der Waals surface area contributed by atoms with E-state index < -0.39 is 0 Å². The molecule has 1 amide bonds. The Morgan fingerprint density at radius 1 is 1.38 bits per heavy atom. The van der Waals surface area contributed by atoms with E-state index in [4.69, 9.17) is 10.5 Å². The van der Waals surface area contributed by atoms with Gasteiger partial charge in [0.05, 0.1) is 18.0 Å². The number of ether oxygens (including phenoxy) is 1. The second-order valence-electron chi connectivity index (χ2n) is 5.43. The van der Waals surface area contributed by atoms with Gasteiger partial charge in [-0.3, -0.25) is 4.79 Å². The zero-order chi connectivity index (χ0) is 15.1. The van der Waals surface area contributed by atoms with Crippen LogP contribution in [0.25, 0.3) is 0 Å². The molecule has 0 unspecified atom stereocenters. The van der Waals surface area contributed by atoms with Crippen LogP contribution in [0.1, 0.15) is 24.8 Å². The summed E-state index contributed by atoms with van der Waals surface area (Å²) in [7, 11) is 1.62. The summed E-state index contributed by atoms with van der Waals surface area (Å²) < 4.78 is 4.90. The van der Waals surface area contributed by atoms with Crippen molar-refractivity contribution < 1.29 is 9.53 Å². The van der Waals surface area contributed by atoms with Crippen LogP contribution in [-0.4, -0.2) is 39.3 Å². The Hall–Kier alpha value is -1.75. The topological polar surface area (TPSA) is 67.6 Å². The van der Waals surface area contributed by atoms with Gasteiger partial charge in [0.2, 0.25) is 5.91 Å². The minimum atomic E-state index is 0.0502. The second kappa shape index (κ2) is 7.88. The molecule has 1 heterocycles. The van der Waals surface area contributed by atoms with Crippen molar-refractivity contribution >= 4 is 17.3 Å². The molecule has 0 atom stereocenters. The first kappa shape index (κ1) is 15.6. The maximum absolute atomic E-state index is 11.6. The molecule has 1 aliphatic rings. The number of aryl methyl sites for hydroxylation is 1. The number of hydrogen-bond acceptors (Lipinski definition) is 4. The van der Waals surface area contributed by atoms with Crippen LogP contribution in [-0.2, 0) is 16.0 Å². The summed E-state index contributed by atoms with van der Waals surface area (Å²) in [5, 5.41) is 2.82. The number of anilines is 2. The van der Waals surface area contributed by atoms with Crippen LogP contribution in [0.4, 0.5) is 11.4 Å². The van der Waals surface area contributed by atoms with Gasteiger partial charge in [0.15, 0.2) is 0 Å². The molecule has 5 heteroatoms. The highest BCUT2D eigenvalue weighted by Crippen LogP contribution is 2.27. The Kier molecular flexibility index (Phi) is 5.87. The molecular formula is C16H25N3O2. The molecule has 1 fully saturated rings. The van der Waals surface area contributed by atoms with Crippen molar-refractivity contribution in [3.8, 4) is 0 Å². The molecule has 1 aliphatic heterocycles. The van der Waals surface area contributed by atoms with E-state index in [9.17, 15) is 4.79 Å². The summed E-state index contributed by atoms with van der Waals surface area (Å²) in [4.78, 5) is 14.0. The maximum Gasteiger partial charge on any atom is 0.220 e. The van der Waals surface area contributed by atoms with Gasteiger partial charge < -0.3 is 20.7 Å². The molecule has 21 heavy (non-hydrogen) atoms. The lowest BCUT2D eigenvalue weighted by atomic mass is 10.1. The Bertz CT molecular complexity index is 471. The third-order valence-electron chi connectivity index (χ3n) is 3.81. The van der Waals surface area contributed by atoms with Gasteiger partial charge in [0.25, 0.3) is 0 Å². The predicted molar refractivity (Wildman–Crippen MR) is 85.5 cm³/mol. The summed E-state index contributed by atoms with van der Waals surface area (Å²) >= 11 is 0. The Balaban J connectivity index is 1.84. The summed E-state index contributed by atoms with van der Waals surface area (Å²) in [6.07, 6.45) is 3.67. The van der Waals surface area contributed by atoms with Gasteiger partial charge in [-0.1, -0.05) is 6.07 Å². The minimum Gasteiger partial charge on any atom is -0.397 e. The zero-order valence-electron chi connectivity index (χ0n) is 12.7. The normalized spacial score (nSPS) is 14.4. The molecule has 1 saturated heterocycles. The van der Waals surface area contributed by atoms with Gasteiger partial charge in [-0.25, -0.2) is 0 Å². The maximum atomic E-state index is 11.6. The highest BCUT2D eigenvalue weighted by Gasteiger charge is 2.14. The number of nitrogens with one attached hydrogen (secondary N) is 1. The third-order valence-corrected chi connectivity index (χ3v) is 3.81. The first-order valence-corrected chi connectivity index (χ1v) is 7.59. The largest absolute Gasteiger partial charge is 0.397 e. The fourth-order valence-electron chi connectivity index (χ4n) is 2.64. The summed E-state index contributed by atoms with van der Waals surface area (Å²) in [6.45, 7) is 3.28. The summed E-state index contributed by atoms with van der Waals surface area (Å²) in [5.74, 6) is 0.0502. The average molecular weight is 291 g/mol. The quantitative estimate of drug-likeness (QED) is 0.591. The van der Waals surface area contributed by atoms with Crippen LogP contribution in [0.15, 0.2) is 18.2 Å². The Morgan fingerprint density at radius 3 is 2.81 bits per heavy atom. The van der Waals surface area contributed by atoms with Gasteiger partial charge >= 0.3 is 0 Å². The summed E-state index contributed by atoms with van der Waals surface area (Å²) in [5.41, 5.74) is 9.20. The van der Waals surface area contributed by atoms with Gasteiger partial charge in [0, 0.05) is 33.2 Å². The molecule has 0 aromatic heterocycles. The molecule has 0 radical (unpaired) electrons. The van der Waals surface area contributed by atoms with Crippen LogP contribution in [0, 0.1) is 0 Å². The van der Waals surface area contributed by atoms with Crippen LogP contribution in [0.2, 0.25) is 0 Å². The van der Waals surface area contributed by atoms with Crippen LogP contribution in [0.3, 0.4) is 0 Å². The number of methoxy groups -OCH3 is 1. The molecule has 0 bridgehead atoms. The Labute approximate surface area is 126 Å². The van der Waals surface area contributed by atoms with Crippen molar-refractivity contribution in [1.82, 2.24) is 5.32 Å². The van der Waals surface area contributed by atoms with E-state index in [1.807, 2.05) is 6.07 Å². The van der Waals surface area contributed by atoms with E-state index in [1.165, 1.54) is 12.8 Å². The number of benzene rings is 1. The molecule has 116 valence electrons. The van der Waals surface area contributed by atoms with Gasteiger partial charge in [-0.15, -0.1) is 0 Å². The van der Waals surface area contributed by atoms with Crippen molar-refractivity contribution in [2.24, 2.45) is 0 Å². The van der Waals surface area contributed by atoms with Crippen molar-refractivity contribution in [3.05, 3.63) is 23.8 Å². The molecule has 5 nitrogen and oxygen atoms in total. The molecule has 2 rings (SSSR count). The Morgan fingerprint density at radius 2 is 2.14 bits per heavy atom. The molecule has 3 N–H and O–H groups in total. The lowest BCUT2D eigenvalue weighted by molar-refractivity contribution is -0.121. The number of rotatable bonds is 7. The predicted octanol–water partition coefficient (Wildman–Crippen LogP) is 1.56. The number of amides is 1. The number of nitrogens with zero attached hydrogens (tertiary/aromatic N) is 1. The van der Waals surface area contributed by atoms with E-state index >= 15 is 0 Å². The van der Waals surface area contributed by atoms with Crippen molar-refractivity contribution in [2.45, 2.75) is 25.7 Å². The van der Waals surface area contributed by atoms with Gasteiger partial charge in [-0.05, 0) is 37.0 Å². The van der Waals surface area contributed by atoms with E-state index in [0.717, 1.165) is 30.0 Å². The monoisotopic (exact) mass is 291 g/mol. The average Bonchev–Trinajstić information content (AvgIpc) is 2.99. The van der Waals surface area contributed by atoms with E-state index in [-0.39, 0.29) is 5.91 Å². The van der Waals surface area contributed by atoms with Gasteiger partial charge in [-0.2, -0.15) is 0 Å². The standard InChI is InChI=1S/C16H25N3O2/c1-21-11-8-18-16(20)7-5-13-4-6-15(14(17)12-13)19-9-2-3-10-19/h4,6,12H,2-3,5,7-11,17H2,1H3,(H,18,20). The van der Waals surface area contributed by atoms with E-state index in [0.29, 0.717) is 26.0 Å². The number of nitrogen functional groups attached to an aromatic ring is 1. The highest BCUT2D eigenvalue weighted by atomic mass is 16.5. The van der Waals surface area contributed by atoms with Crippen molar-refractivity contribution in [3.63, 3.8) is 0 Å². The highest BCUT2D eigenvalue weighted by molar-refractivity contribution is 5.76. The van der Waals surface area contributed by atoms with E-state index in [1.54, 1.807) is 7.11 Å². The summed E-state index contributed by atoms with van der Waals surface area (Å²) in [6, 6.07) is 6.15. The lowest BCUT2D eigenvalue weighted by Gasteiger charge is -2.20. The lowest BCUT2D eigenvalue weighted by Crippen LogP contribution is -2.27.